The number of fused-ring (bicyclic) bond motifs is 1. The number of carbonyl (C=O) groups excluding carboxylic acids is 1. The minimum Gasteiger partial charge on any atom is -0.322 e. The predicted molar refractivity (Wildman–Crippen MR) is 121 cm³/mol. The van der Waals surface area contributed by atoms with Crippen molar-refractivity contribution in [2.45, 2.75) is 57.3 Å². The van der Waals surface area contributed by atoms with Crippen molar-refractivity contribution < 1.29 is 9.18 Å². The second-order valence-corrected chi connectivity index (χ2v) is 8.29. The number of nitrogens with one attached hydrogen (secondary N) is 1. The highest BCUT2D eigenvalue weighted by atomic mass is 32.2. The average Bonchev–Trinajstić information content (AvgIpc) is 2.71. The lowest BCUT2D eigenvalue weighted by molar-refractivity contribution is -0.112. The Morgan fingerprint density at radius 1 is 1.45 bits per heavy atom. The molecule has 0 bridgehead atoms. The van der Waals surface area contributed by atoms with Gasteiger partial charge in [0.1, 0.15) is 6.17 Å². The fourth-order valence-electron chi connectivity index (χ4n) is 3.16. The molecule has 1 amide bonds. The number of anilines is 1. The summed E-state index contributed by atoms with van der Waals surface area (Å²) in [5.41, 5.74) is 3.40. The molecular formula is C23H26FN3OS. The highest BCUT2D eigenvalue weighted by Crippen LogP contribution is 2.31. The summed E-state index contributed by atoms with van der Waals surface area (Å²) in [6.07, 6.45) is 9.35. The number of allylic oxidation sites excluding steroid dienone is 2. The van der Waals surface area contributed by atoms with E-state index in [0.717, 1.165) is 28.3 Å². The number of rotatable bonds is 6. The van der Waals surface area contributed by atoms with E-state index >= 15 is 0 Å². The van der Waals surface area contributed by atoms with Crippen molar-refractivity contribution in [1.82, 2.24) is 0 Å². The minimum atomic E-state index is -0.996. The van der Waals surface area contributed by atoms with Crippen molar-refractivity contribution in [2.24, 2.45) is 9.98 Å². The maximum Gasteiger partial charge on any atom is 0.256 e. The lowest BCUT2D eigenvalue weighted by Crippen LogP contribution is -2.20. The smallest absolute Gasteiger partial charge is 0.256 e. The summed E-state index contributed by atoms with van der Waals surface area (Å²) < 4.78 is 13.1. The van der Waals surface area contributed by atoms with Crippen LogP contribution in [-0.4, -0.2) is 29.4 Å². The summed E-state index contributed by atoms with van der Waals surface area (Å²) >= 11 is 1.65. The molecule has 152 valence electrons. The topological polar surface area (TPSA) is 53.8 Å². The van der Waals surface area contributed by atoms with Crippen molar-refractivity contribution in [3.63, 3.8) is 0 Å². The van der Waals surface area contributed by atoms with Gasteiger partial charge < -0.3 is 5.32 Å². The predicted octanol–water partition coefficient (Wildman–Crippen LogP) is 5.67. The summed E-state index contributed by atoms with van der Waals surface area (Å²) in [7, 11) is 0. The van der Waals surface area contributed by atoms with Gasteiger partial charge in [0.25, 0.3) is 5.91 Å². The molecule has 0 fully saturated rings. The summed E-state index contributed by atoms with van der Waals surface area (Å²) in [4.78, 5) is 22.8. The van der Waals surface area contributed by atoms with Crippen LogP contribution < -0.4 is 5.32 Å². The van der Waals surface area contributed by atoms with E-state index in [1.165, 1.54) is 17.9 Å². The normalized spacial score (nSPS) is 20.1. The molecule has 0 aliphatic carbocycles. The molecule has 0 aromatic heterocycles. The van der Waals surface area contributed by atoms with Crippen LogP contribution in [0.25, 0.3) is 0 Å². The van der Waals surface area contributed by atoms with Crippen LogP contribution >= 0.6 is 11.8 Å². The van der Waals surface area contributed by atoms with E-state index in [1.54, 1.807) is 24.1 Å². The average molecular weight is 412 g/mol. The van der Waals surface area contributed by atoms with E-state index in [4.69, 9.17) is 0 Å². The van der Waals surface area contributed by atoms with E-state index in [2.05, 4.69) is 21.4 Å². The number of benzene rings is 1. The van der Waals surface area contributed by atoms with Gasteiger partial charge in [-0.15, -0.1) is 0 Å². The van der Waals surface area contributed by atoms with Crippen LogP contribution in [0.5, 0.6) is 0 Å². The van der Waals surface area contributed by atoms with Crippen molar-refractivity contribution >= 4 is 34.6 Å². The lowest BCUT2D eigenvalue weighted by Gasteiger charge is -2.18. The maximum atomic E-state index is 13.1. The molecule has 0 spiro atoms. The number of hydrogen-bond acceptors (Lipinski definition) is 4. The molecule has 3 rings (SSSR count). The van der Waals surface area contributed by atoms with Crippen LogP contribution in [0.4, 0.5) is 10.1 Å². The Hall–Kier alpha value is -2.47. The van der Waals surface area contributed by atoms with Gasteiger partial charge in [-0.3, -0.25) is 14.8 Å². The Kier molecular flexibility index (Phi) is 7.20. The van der Waals surface area contributed by atoms with E-state index in [9.17, 15) is 9.18 Å². The van der Waals surface area contributed by atoms with Gasteiger partial charge in [0.2, 0.25) is 0 Å². The third-order valence-electron chi connectivity index (χ3n) is 4.64. The Morgan fingerprint density at radius 3 is 2.97 bits per heavy atom. The van der Waals surface area contributed by atoms with Gasteiger partial charge in [0, 0.05) is 16.8 Å². The number of amides is 1. The largest absolute Gasteiger partial charge is 0.322 e. The van der Waals surface area contributed by atoms with Gasteiger partial charge in [-0.2, -0.15) is 0 Å². The van der Waals surface area contributed by atoms with E-state index in [0.29, 0.717) is 18.5 Å². The first-order valence-electron chi connectivity index (χ1n) is 9.85. The Bertz CT molecular complexity index is 928. The van der Waals surface area contributed by atoms with Crippen molar-refractivity contribution in [2.75, 3.05) is 5.32 Å². The van der Waals surface area contributed by atoms with Crippen LogP contribution in [0.15, 0.2) is 68.5 Å². The quantitative estimate of drug-likeness (QED) is 0.613. The van der Waals surface area contributed by atoms with Gasteiger partial charge in [0.15, 0.2) is 0 Å². The molecule has 0 saturated heterocycles. The second kappa shape index (κ2) is 9.83. The highest BCUT2D eigenvalue weighted by Gasteiger charge is 2.18. The molecule has 2 atom stereocenters. The number of hydrogen-bond donors (Lipinski definition) is 1. The van der Waals surface area contributed by atoms with Gasteiger partial charge in [-0.25, -0.2) is 4.39 Å². The summed E-state index contributed by atoms with van der Waals surface area (Å²) in [5.74, 6) is -0.177. The summed E-state index contributed by atoms with van der Waals surface area (Å²) in [6.45, 7) is 6.18. The molecule has 2 unspecified atom stereocenters. The van der Waals surface area contributed by atoms with Crippen LogP contribution in [0.2, 0.25) is 0 Å². The Morgan fingerprint density at radius 2 is 2.28 bits per heavy atom. The molecule has 4 nitrogen and oxygen atoms in total. The standard InChI is InChI=1S/C23H26FN3OS/c1-4-5-17(7-6-15(2)24)21-10-8-18(13-26-21)23(28)27-20-9-11-22-19(12-20)14-25-16(3)29-22/h5-9,11-13,15,21H,4,10,14H2,1-3H3,(H,27,28)/b7-6-,17-5+. The first-order valence-corrected chi connectivity index (χ1v) is 10.7. The fourth-order valence-corrected chi connectivity index (χ4v) is 4.00. The molecular weight excluding hydrogens is 385 g/mol. The van der Waals surface area contributed by atoms with Crippen molar-refractivity contribution in [3.05, 3.63) is 59.2 Å². The molecule has 2 aliphatic rings. The zero-order valence-corrected chi connectivity index (χ0v) is 17.8. The van der Waals surface area contributed by atoms with Crippen molar-refractivity contribution in [3.8, 4) is 0 Å². The second-order valence-electron chi connectivity index (χ2n) is 7.05. The summed E-state index contributed by atoms with van der Waals surface area (Å²) in [5, 5.41) is 4.00. The molecule has 1 N–H and O–H groups in total. The number of alkyl halides is 1. The number of nitrogens with zero attached hydrogens (tertiary/aromatic N) is 2. The molecule has 6 heteroatoms. The molecule has 0 radical (unpaired) electrons. The number of halogens is 1. The SMILES string of the molecule is CC/C=C(\C=C/C(C)F)C1CC=C(C(=O)Nc2ccc3c(c2)CN=C(C)S3)C=N1. The zero-order valence-electron chi connectivity index (χ0n) is 17.0. The van der Waals surface area contributed by atoms with Crippen LogP contribution in [0.3, 0.4) is 0 Å². The van der Waals surface area contributed by atoms with Gasteiger partial charge in [0.05, 0.1) is 23.2 Å². The van der Waals surface area contributed by atoms with Gasteiger partial charge in [-0.1, -0.05) is 43.0 Å². The fraction of sp³-hybridized carbons (Fsp3) is 0.348. The maximum absolute atomic E-state index is 13.1. The number of dihydropyridines is 1. The molecule has 0 saturated carbocycles. The van der Waals surface area contributed by atoms with Crippen LogP contribution in [0.1, 0.15) is 39.2 Å². The highest BCUT2D eigenvalue weighted by molar-refractivity contribution is 8.14. The van der Waals surface area contributed by atoms with Gasteiger partial charge in [-0.05, 0) is 56.0 Å². The minimum absolute atomic E-state index is 0.0802. The van der Waals surface area contributed by atoms with Crippen LogP contribution in [0, 0.1) is 0 Å². The van der Waals surface area contributed by atoms with Gasteiger partial charge >= 0.3 is 0 Å². The molecule has 2 aliphatic heterocycles. The van der Waals surface area contributed by atoms with Crippen LogP contribution in [-0.2, 0) is 11.3 Å². The number of thioether (sulfide) groups is 1. The number of carbonyl (C=O) groups is 1. The van der Waals surface area contributed by atoms with E-state index in [-0.39, 0.29) is 11.9 Å². The number of aliphatic imine (C=N–C) groups is 2. The first kappa shape index (κ1) is 21.2. The first-order chi connectivity index (χ1) is 14.0. The molecule has 1 aromatic rings. The molecule has 2 heterocycles. The third-order valence-corrected chi connectivity index (χ3v) is 5.69. The zero-order chi connectivity index (χ0) is 20.8. The Labute approximate surface area is 175 Å². The lowest BCUT2D eigenvalue weighted by atomic mass is 9.98. The Balaban J connectivity index is 1.64. The van der Waals surface area contributed by atoms with E-state index < -0.39 is 6.17 Å². The monoisotopic (exact) mass is 411 g/mol. The van der Waals surface area contributed by atoms with Crippen molar-refractivity contribution in [1.29, 1.82) is 0 Å². The summed E-state index contributed by atoms with van der Waals surface area (Å²) in [6, 6.07) is 5.83. The third kappa shape index (κ3) is 5.76. The molecule has 29 heavy (non-hydrogen) atoms. The van der Waals surface area contributed by atoms with E-state index in [1.807, 2.05) is 38.1 Å². The molecule has 1 aromatic carbocycles.